The van der Waals surface area contributed by atoms with Crippen molar-refractivity contribution in [3.8, 4) is 0 Å². The fourth-order valence-electron chi connectivity index (χ4n) is 2.60. The summed E-state index contributed by atoms with van der Waals surface area (Å²) in [5.41, 5.74) is 0.623. The minimum Gasteiger partial charge on any atom is -0.346 e. The van der Waals surface area contributed by atoms with E-state index in [4.69, 9.17) is 21.1 Å². The minimum absolute atomic E-state index is 0.214. The van der Waals surface area contributed by atoms with Crippen LogP contribution in [0.4, 0.5) is 4.39 Å². The Morgan fingerprint density at radius 1 is 1.33 bits per heavy atom. The van der Waals surface area contributed by atoms with Crippen molar-refractivity contribution in [3.63, 3.8) is 0 Å². The number of ether oxygens (including phenoxy) is 2. The summed E-state index contributed by atoms with van der Waals surface area (Å²) >= 11 is 5.89. The molecule has 18 heavy (non-hydrogen) atoms. The first-order valence-corrected chi connectivity index (χ1v) is 6.49. The van der Waals surface area contributed by atoms with Gasteiger partial charge in [0.05, 0.1) is 19.8 Å². The van der Waals surface area contributed by atoms with Crippen LogP contribution in [0.5, 0.6) is 0 Å². The molecular formula is C13H15ClFNO2. The van der Waals surface area contributed by atoms with Crippen molar-refractivity contribution < 1.29 is 13.9 Å². The zero-order valence-corrected chi connectivity index (χ0v) is 10.8. The van der Waals surface area contributed by atoms with Gasteiger partial charge in [0.25, 0.3) is 0 Å². The molecule has 1 spiro atoms. The van der Waals surface area contributed by atoms with Gasteiger partial charge < -0.3 is 9.47 Å². The average molecular weight is 272 g/mol. The van der Waals surface area contributed by atoms with Gasteiger partial charge in [0, 0.05) is 30.1 Å². The van der Waals surface area contributed by atoms with E-state index in [0.717, 1.165) is 13.0 Å². The van der Waals surface area contributed by atoms with Crippen LogP contribution in [0.25, 0.3) is 0 Å². The van der Waals surface area contributed by atoms with Crippen molar-refractivity contribution in [2.75, 3.05) is 26.3 Å². The van der Waals surface area contributed by atoms with Crippen LogP contribution in [-0.2, 0) is 16.0 Å². The van der Waals surface area contributed by atoms with Crippen molar-refractivity contribution in [2.24, 2.45) is 0 Å². The molecular weight excluding hydrogens is 257 g/mol. The standard InChI is InChI=1S/C13H15ClFNO2/c14-11-1-2-12(15)10(7-11)8-16-4-3-13(9-16)17-5-6-18-13/h1-2,7H,3-6,8-9H2. The summed E-state index contributed by atoms with van der Waals surface area (Å²) < 4.78 is 24.9. The Labute approximate surface area is 110 Å². The summed E-state index contributed by atoms with van der Waals surface area (Å²) in [6.07, 6.45) is 0.842. The van der Waals surface area contributed by atoms with Gasteiger partial charge in [0.15, 0.2) is 5.79 Å². The minimum atomic E-state index is -0.449. The van der Waals surface area contributed by atoms with Crippen LogP contribution >= 0.6 is 11.6 Å². The van der Waals surface area contributed by atoms with Crippen LogP contribution in [0.3, 0.4) is 0 Å². The number of nitrogens with zero attached hydrogens (tertiary/aromatic N) is 1. The van der Waals surface area contributed by atoms with Gasteiger partial charge in [-0.15, -0.1) is 0 Å². The van der Waals surface area contributed by atoms with Gasteiger partial charge in [0.2, 0.25) is 0 Å². The molecule has 5 heteroatoms. The summed E-state index contributed by atoms with van der Waals surface area (Å²) in [4.78, 5) is 2.14. The molecule has 0 unspecified atom stereocenters. The molecule has 0 bridgehead atoms. The van der Waals surface area contributed by atoms with Crippen LogP contribution in [-0.4, -0.2) is 37.0 Å². The van der Waals surface area contributed by atoms with Crippen molar-refractivity contribution in [1.29, 1.82) is 0 Å². The third kappa shape index (κ3) is 2.38. The average Bonchev–Trinajstić information content (AvgIpc) is 2.95. The highest BCUT2D eigenvalue weighted by Crippen LogP contribution is 2.31. The van der Waals surface area contributed by atoms with E-state index in [9.17, 15) is 4.39 Å². The lowest BCUT2D eigenvalue weighted by molar-refractivity contribution is -0.145. The molecule has 0 atom stereocenters. The highest BCUT2D eigenvalue weighted by molar-refractivity contribution is 6.30. The zero-order valence-electron chi connectivity index (χ0n) is 9.99. The van der Waals surface area contributed by atoms with Gasteiger partial charge >= 0.3 is 0 Å². The van der Waals surface area contributed by atoms with Crippen LogP contribution in [0, 0.1) is 5.82 Å². The Morgan fingerprint density at radius 3 is 2.89 bits per heavy atom. The molecule has 2 fully saturated rings. The monoisotopic (exact) mass is 271 g/mol. The van der Waals surface area contributed by atoms with Gasteiger partial charge in [-0.25, -0.2) is 4.39 Å². The lowest BCUT2D eigenvalue weighted by Crippen LogP contribution is -2.34. The van der Waals surface area contributed by atoms with Gasteiger partial charge in [-0.3, -0.25) is 4.90 Å². The maximum Gasteiger partial charge on any atom is 0.182 e. The van der Waals surface area contributed by atoms with Crippen LogP contribution in [0.2, 0.25) is 5.02 Å². The quantitative estimate of drug-likeness (QED) is 0.825. The predicted molar refractivity (Wildman–Crippen MR) is 65.9 cm³/mol. The fraction of sp³-hybridized carbons (Fsp3) is 0.538. The van der Waals surface area contributed by atoms with Gasteiger partial charge in [0.1, 0.15) is 5.82 Å². The summed E-state index contributed by atoms with van der Waals surface area (Å²) in [5.74, 6) is -0.664. The van der Waals surface area contributed by atoms with Crippen LogP contribution < -0.4 is 0 Å². The number of hydrogen-bond donors (Lipinski definition) is 0. The Kier molecular flexibility index (Phi) is 3.28. The highest BCUT2D eigenvalue weighted by atomic mass is 35.5. The Morgan fingerprint density at radius 2 is 2.11 bits per heavy atom. The first-order valence-electron chi connectivity index (χ1n) is 6.11. The van der Waals surface area contributed by atoms with Crippen molar-refractivity contribution >= 4 is 11.6 Å². The normalized spacial score (nSPS) is 23.0. The summed E-state index contributed by atoms with van der Waals surface area (Å²) in [5, 5.41) is 0.564. The van der Waals surface area contributed by atoms with E-state index in [1.165, 1.54) is 6.07 Å². The summed E-state index contributed by atoms with van der Waals surface area (Å²) in [6, 6.07) is 4.65. The molecule has 3 rings (SSSR count). The number of rotatable bonds is 2. The molecule has 0 amide bonds. The van der Waals surface area contributed by atoms with E-state index in [2.05, 4.69) is 4.90 Å². The topological polar surface area (TPSA) is 21.7 Å². The van der Waals surface area contributed by atoms with Gasteiger partial charge in [-0.2, -0.15) is 0 Å². The zero-order chi connectivity index (χ0) is 12.6. The Balaban J connectivity index is 1.69. The molecule has 1 aromatic rings. The molecule has 98 valence electrons. The maximum absolute atomic E-state index is 13.6. The second kappa shape index (κ2) is 4.78. The molecule has 2 saturated heterocycles. The molecule has 1 aromatic carbocycles. The largest absolute Gasteiger partial charge is 0.346 e. The third-order valence-electron chi connectivity index (χ3n) is 3.49. The first-order chi connectivity index (χ1) is 8.67. The number of benzene rings is 1. The Hall–Kier alpha value is -0.680. The number of hydrogen-bond acceptors (Lipinski definition) is 3. The number of likely N-dealkylation sites (tertiary alicyclic amines) is 1. The van der Waals surface area contributed by atoms with Gasteiger partial charge in [-0.05, 0) is 18.2 Å². The maximum atomic E-state index is 13.6. The van der Waals surface area contributed by atoms with Crippen molar-refractivity contribution in [3.05, 3.63) is 34.6 Å². The summed E-state index contributed by atoms with van der Waals surface area (Å²) in [6.45, 7) is 3.39. The molecule has 2 heterocycles. The lowest BCUT2D eigenvalue weighted by atomic mass is 10.2. The van der Waals surface area contributed by atoms with E-state index in [0.29, 0.717) is 36.9 Å². The Bertz CT molecular complexity index is 449. The third-order valence-corrected chi connectivity index (χ3v) is 3.72. The van der Waals surface area contributed by atoms with E-state index in [1.54, 1.807) is 12.1 Å². The summed E-state index contributed by atoms with van der Waals surface area (Å²) in [7, 11) is 0. The van der Waals surface area contributed by atoms with Crippen molar-refractivity contribution in [2.45, 2.75) is 18.8 Å². The van der Waals surface area contributed by atoms with Crippen molar-refractivity contribution in [1.82, 2.24) is 4.90 Å². The van der Waals surface area contributed by atoms with Crippen LogP contribution in [0.15, 0.2) is 18.2 Å². The molecule has 2 aliphatic heterocycles. The fourth-order valence-corrected chi connectivity index (χ4v) is 2.79. The second-order valence-corrected chi connectivity index (χ2v) is 5.24. The van der Waals surface area contributed by atoms with Gasteiger partial charge in [-0.1, -0.05) is 11.6 Å². The molecule has 0 aliphatic carbocycles. The molecule has 0 N–H and O–H groups in total. The number of halogens is 2. The first kappa shape index (κ1) is 12.4. The molecule has 2 aliphatic rings. The smallest absolute Gasteiger partial charge is 0.182 e. The predicted octanol–water partition coefficient (Wildman–Crippen LogP) is 2.43. The molecule has 0 aromatic heterocycles. The van der Waals surface area contributed by atoms with Crippen LogP contribution in [0.1, 0.15) is 12.0 Å². The lowest BCUT2D eigenvalue weighted by Gasteiger charge is -2.22. The molecule has 0 saturated carbocycles. The molecule has 0 radical (unpaired) electrons. The highest BCUT2D eigenvalue weighted by Gasteiger charge is 2.43. The van der Waals surface area contributed by atoms with E-state index >= 15 is 0 Å². The second-order valence-electron chi connectivity index (χ2n) is 4.80. The van der Waals surface area contributed by atoms with E-state index in [1.807, 2.05) is 0 Å². The SMILES string of the molecule is Fc1ccc(Cl)cc1CN1CCC2(C1)OCCO2. The van der Waals surface area contributed by atoms with E-state index in [-0.39, 0.29) is 5.82 Å². The molecule has 3 nitrogen and oxygen atoms in total. The van der Waals surface area contributed by atoms with E-state index < -0.39 is 5.79 Å².